The minimum atomic E-state index is -4.32. The lowest BCUT2D eigenvalue weighted by atomic mass is 10.1. The molecular weight excluding hydrogens is 207 g/mol. The molecule has 0 saturated carbocycles. The molecule has 1 rings (SSSR count). The van der Waals surface area contributed by atoms with E-state index in [0.29, 0.717) is 11.3 Å². The standard InChI is InChI=1S/C10H12F3NO/c1-6-7(2)9(4-3-8(6)14)15-5-10(11,12)13/h3-4H,5,14H2,1-2H3. The molecule has 0 bridgehead atoms. The fraction of sp³-hybridized carbons (Fsp3) is 0.400. The van der Waals surface area contributed by atoms with Gasteiger partial charge in [0.25, 0.3) is 0 Å². The molecule has 0 aliphatic heterocycles. The van der Waals surface area contributed by atoms with Crippen LogP contribution in [0.2, 0.25) is 0 Å². The molecule has 0 aliphatic rings. The van der Waals surface area contributed by atoms with E-state index < -0.39 is 12.8 Å². The normalized spacial score (nSPS) is 11.5. The molecule has 84 valence electrons. The van der Waals surface area contributed by atoms with Crippen LogP contribution in [0.3, 0.4) is 0 Å². The molecule has 1 aromatic rings. The minimum Gasteiger partial charge on any atom is -0.484 e. The molecule has 2 N–H and O–H groups in total. The number of anilines is 1. The van der Waals surface area contributed by atoms with Crippen LogP contribution >= 0.6 is 0 Å². The molecule has 15 heavy (non-hydrogen) atoms. The van der Waals surface area contributed by atoms with Crippen molar-refractivity contribution < 1.29 is 17.9 Å². The van der Waals surface area contributed by atoms with E-state index in [0.717, 1.165) is 5.56 Å². The summed E-state index contributed by atoms with van der Waals surface area (Å²) in [6.07, 6.45) is -4.32. The minimum absolute atomic E-state index is 0.221. The molecular formula is C10H12F3NO. The monoisotopic (exact) mass is 219 g/mol. The topological polar surface area (TPSA) is 35.2 Å². The van der Waals surface area contributed by atoms with Gasteiger partial charge in [-0.2, -0.15) is 13.2 Å². The van der Waals surface area contributed by atoms with Gasteiger partial charge in [0.05, 0.1) is 0 Å². The molecule has 0 saturated heterocycles. The summed E-state index contributed by atoms with van der Waals surface area (Å²) in [5.41, 5.74) is 7.52. The number of hydrogen-bond acceptors (Lipinski definition) is 2. The predicted octanol–water partition coefficient (Wildman–Crippen LogP) is 2.83. The highest BCUT2D eigenvalue weighted by Gasteiger charge is 2.28. The van der Waals surface area contributed by atoms with Gasteiger partial charge in [0.15, 0.2) is 6.61 Å². The largest absolute Gasteiger partial charge is 0.484 e. The Morgan fingerprint density at radius 2 is 1.80 bits per heavy atom. The predicted molar refractivity (Wildman–Crippen MR) is 51.9 cm³/mol. The Morgan fingerprint density at radius 1 is 1.20 bits per heavy atom. The number of halogens is 3. The van der Waals surface area contributed by atoms with Crippen LogP contribution in [0.1, 0.15) is 11.1 Å². The summed E-state index contributed by atoms with van der Waals surface area (Å²) in [6.45, 7) is 2.14. The van der Waals surface area contributed by atoms with Crippen molar-refractivity contribution in [3.63, 3.8) is 0 Å². The van der Waals surface area contributed by atoms with Gasteiger partial charge in [-0.25, -0.2) is 0 Å². The highest BCUT2D eigenvalue weighted by atomic mass is 19.4. The molecule has 0 amide bonds. The summed E-state index contributed by atoms with van der Waals surface area (Å²) in [5.74, 6) is 0.221. The maximum atomic E-state index is 11.9. The molecule has 0 aromatic heterocycles. The van der Waals surface area contributed by atoms with Crippen molar-refractivity contribution >= 4 is 5.69 Å². The second-order valence-corrected chi connectivity index (χ2v) is 3.31. The lowest BCUT2D eigenvalue weighted by Gasteiger charge is -2.13. The van der Waals surface area contributed by atoms with Crippen molar-refractivity contribution in [2.24, 2.45) is 0 Å². The number of nitrogen functional groups attached to an aromatic ring is 1. The zero-order valence-corrected chi connectivity index (χ0v) is 8.48. The van der Waals surface area contributed by atoms with Crippen LogP contribution in [0, 0.1) is 13.8 Å². The SMILES string of the molecule is Cc1c(N)ccc(OCC(F)(F)F)c1C. The van der Waals surface area contributed by atoms with Crippen LogP contribution in [0.4, 0.5) is 18.9 Å². The Morgan fingerprint density at radius 3 is 2.33 bits per heavy atom. The first-order chi connectivity index (χ1) is 6.81. The van der Waals surface area contributed by atoms with Crippen LogP contribution in [0.25, 0.3) is 0 Å². The Kier molecular flexibility index (Phi) is 3.12. The van der Waals surface area contributed by atoms with E-state index in [2.05, 4.69) is 4.74 Å². The molecule has 0 atom stereocenters. The zero-order valence-electron chi connectivity index (χ0n) is 8.48. The Bertz CT molecular complexity index is 360. The smallest absolute Gasteiger partial charge is 0.422 e. The second kappa shape index (κ2) is 4.00. The number of hydrogen-bond donors (Lipinski definition) is 1. The van der Waals surface area contributed by atoms with E-state index in [9.17, 15) is 13.2 Å². The number of benzene rings is 1. The van der Waals surface area contributed by atoms with Gasteiger partial charge in [0.1, 0.15) is 5.75 Å². The van der Waals surface area contributed by atoms with Gasteiger partial charge in [0.2, 0.25) is 0 Å². The number of nitrogens with two attached hydrogens (primary N) is 1. The van der Waals surface area contributed by atoms with Gasteiger partial charge in [-0.05, 0) is 37.1 Å². The maximum absolute atomic E-state index is 11.9. The van der Waals surface area contributed by atoms with Gasteiger partial charge in [0, 0.05) is 5.69 Å². The average molecular weight is 219 g/mol. The van der Waals surface area contributed by atoms with Crippen molar-refractivity contribution in [1.29, 1.82) is 0 Å². The molecule has 0 spiro atoms. The van der Waals surface area contributed by atoms with Gasteiger partial charge in [-0.1, -0.05) is 0 Å². The lowest BCUT2D eigenvalue weighted by molar-refractivity contribution is -0.153. The highest BCUT2D eigenvalue weighted by molar-refractivity contribution is 5.55. The Labute approximate surface area is 85.8 Å². The molecule has 0 aliphatic carbocycles. The van der Waals surface area contributed by atoms with Crippen LogP contribution in [-0.2, 0) is 0 Å². The number of ether oxygens (including phenoxy) is 1. The van der Waals surface area contributed by atoms with Crippen LogP contribution in [0.5, 0.6) is 5.75 Å². The summed E-state index contributed by atoms with van der Waals surface area (Å²) in [7, 11) is 0. The van der Waals surface area contributed by atoms with Crippen molar-refractivity contribution in [2.75, 3.05) is 12.3 Å². The first-order valence-electron chi connectivity index (χ1n) is 4.36. The first kappa shape index (κ1) is 11.7. The highest BCUT2D eigenvalue weighted by Crippen LogP contribution is 2.27. The summed E-state index contributed by atoms with van der Waals surface area (Å²) < 4.78 is 40.4. The van der Waals surface area contributed by atoms with E-state index in [1.165, 1.54) is 12.1 Å². The average Bonchev–Trinajstić information content (AvgIpc) is 2.12. The van der Waals surface area contributed by atoms with Gasteiger partial charge >= 0.3 is 6.18 Å². The summed E-state index contributed by atoms with van der Waals surface area (Å²) in [6, 6.07) is 2.98. The third kappa shape index (κ3) is 3.04. The number of alkyl halides is 3. The zero-order chi connectivity index (χ0) is 11.6. The molecule has 2 nitrogen and oxygen atoms in total. The third-order valence-electron chi connectivity index (χ3n) is 2.17. The van der Waals surface area contributed by atoms with Crippen molar-refractivity contribution in [1.82, 2.24) is 0 Å². The summed E-state index contributed by atoms with van der Waals surface area (Å²) in [5, 5.41) is 0. The van der Waals surface area contributed by atoms with Gasteiger partial charge < -0.3 is 10.5 Å². The number of rotatable bonds is 2. The summed E-state index contributed by atoms with van der Waals surface area (Å²) >= 11 is 0. The van der Waals surface area contributed by atoms with Crippen LogP contribution < -0.4 is 10.5 Å². The van der Waals surface area contributed by atoms with Gasteiger partial charge in [-0.3, -0.25) is 0 Å². The lowest BCUT2D eigenvalue weighted by Crippen LogP contribution is -2.19. The Balaban J connectivity index is 2.83. The maximum Gasteiger partial charge on any atom is 0.422 e. The fourth-order valence-electron chi connectivity index (χ4n) is 1.13. The van der Waals surface area contributed by atoms with Crippen molar-refractivity contribution in [2.45, 2.75) is 20.0 Å². The van der Waals surface area contributed by atoms with E-state index in [-0.39, 0.29) is 5.75 Å². The van der Waals surface area contributed by atoms with E-state index >= 15 is 0 Å². The fourth-order valence-corrected chi connectivity index (χ4v) is 1.13. The van der Waals surface area contributed by atoms with E-state index in [4.69, 9.17) is 5.73 Å². The molecule has 1 aromatic carbocycles. The third-order valence-corrected chi connectivity index (χ3v) is 2.17. The van der Waals surface area contributed by atoms with Crippen LogP contribution in [-0.4, -0.2) is 12.8 Å². The Hall–Kier alpha value is -1.39. The first-order valence-corrected chi connectivity index (χ1v) is 4.36. The molecule has 0 radical (unpaired) electrons. The molecule has 0 heterocycles. The molecule has 0 fully saturated rings. The van der Waals surface area contributed by atoms with Crippen molar-refractivity contribution in [3.05, 3.63) is 23.3 Å². The van der Waals surface area contributed by atoms with E-state index in [1.54, 1.807) is 13.8 Å². The molecule has 0 unspecified atom stereocenters. The van der Waals surface area contributed by atoms with Crippen molar-refractivity contribution in [3.8, 4) is 5.75 Å². The molecule has 5 heteroatoms. The summed E-state index contributed by atoms with van der Waals surface area (Å²) in [4.78, 5) is 0. The van der Waals surface area contributed by atoms with E-state index in [1.807, 2.05) is 0 Å². The quantitative estimate of drug-likeness (QED) is 0.776. The van der Waals surface area contributed by atoms with Crippen LogP contribution in [0.15, 0.2) is 12.1 Å². The van der Waals surface area contributed by atoms with Gasteiger partial charge in [-0.15, -0.1) is 0 Å². The second-order valence-electron chi connectivity index (χ2n) is 3.31.